The Labute approximate surface area is 118 Å². The van der Waals surface area contributed by atoms with E-state index < -0.39 is 6.36 Å². The average molecular weight is 289 g/mol. The molecule has 20 heavy (non-hydrogen) atoms. The van der Waals surface area contributed by atoms with E-state index in [9.17, 15) is 13.2 Å². The van der Waals surface area contributed by atoms with Gasteiger partial charge in [0.25, 0.3) is 0 Å². The predicted octanol–water partition coefficient (Wildman–Crippen LogP) is 4.15. The van der Waals surface area contributed by atoms with Crippen molar-refractivity contribution in [2.45, 2.75) is 40.0 Å². The molecule has 1 unspecified atom stereocenters. The monoisotopic (exact) mass is 289 g/mol. The van der Waals surface area contributed by atoms with E-state index in [1.165, 1.54) is 12.1 Å². The van der Waals surface area contributed by atoms with Crippen molar-refractivity contribution in [1.82, 2.24) is 5.32 Å². The Bertz CT molecular complexity index is 403. The molecule has 1 N–H and O–H groups in total. The molecule has 1 aromatic carbocycles. The minimum absolute atomic E-state index is 0.0996. The van der Waals surface area contributed by atoms with Crippen LogP contribution in [0.15, 0.2) is 24.3 Å². The van der Waals surface area contributed by atoms with Crippen molar-refractivity contribution in [2.24, 2.45) is 5.41 Å². The zero-order valence-corrected chi connectivity index (χ0v) is 12.2. The van der Waals surface area contributed by atoms with Crippen LogP contribution in [0.25, 0.3) is 0 Å². The number of nitrogens with one attached hydrogen (secondary N) is 1. The Hall–Kier alpha value is -1.23. The zero-order chi connectivity index (χ0) is 15.2. The first kappa shape index (κ1) is 16.8. The molecule has 0 aliphatic rings. The molecular formula is C15H22F3NO. The molecule has 5 heteroatoms. The third-order valence-electron chi connectivity index (χ3n) is 3.44. The molecule has 1 aromatic rings. The summed E-state index contributed by atoms with van der Waals surface area (Å²) in [6, 6.07) is 6.13. The Kier molecular flexibility index (Phi) is 5.87. The smallest absolute Gasteiger partial charge is 0.406 e. The molecule has 0 bridgehead atoms. The minimum Gasteiger partial charge on any atom is -0.406 e. The van der Waals surface area contributed by atoms with E-state index in [1.54, 1.807) is 12.1 Å². The lowest BCUT2D eigenvalue weighted by Crippen LogP contribution is -2.33. The van der Waals surface area contributed by atoms with E-state index in [-0.39, 0.29) is 11.2 Å². The number of ether oxygens (including phenoxy) is 1. The van der Waals surface area contributed by atoms with Crippen molar-refractivity contribution in [2.75, 3.05) is 13.1 Å². The Morgan fingerprint density at radius 1 is 1.10 bits per heavy atom. The fourth-order valence-corrected chi connectivity index (χ4v) is 2.04. The fraction of sp³-hybridized carbons (Fsp3) is 0.600. The van der Waals surface area contributed by atoms with Gasteiger partial charge >= 0.3 is 6.36 Å². The summed E-state index contributed by atoms with van der Waals surface area (Å²) >= 11 is 0. The van der Waals surface area contributed by atoms with Gasteiger partial charge < -0.3 is 10.1 Å². The summed E-state index contributed by atoms with van der Waals surface area (Å²) in [5.74, 6) is -0.175. The van der Waals surface area contributed by atoms with Crippen LogP contribution in [0.3, 0.4) is 0 Å². The molecule has 0 saturated heterocycles. The molecule has 1 atom stereocenters. The first-order chi connectivity index (χ1) is 9.28. The Morgan fingerprint density at radius 2 is 1.70 bits per heavy atom. The third-order valence-corrected chi connectivity index (χ3v) is 3.44. The highest BCUT2D eigenvalue weighted by Gasteiger charge is 2.31. The molecule has 114 valence electrons. The fourth-order valence-electron chi connectivity index (χ4n) is 2.04. The molecule has 0 fully saturated rings. The second kappa shape index (κ2) is 6.97. The van der Waals surface area contributed by atoms with E-state index in [1.807, 2.05) is 0 Å². The summed E-state index contributed by atoms with van der Waals surface area (Å²) in [5, 5.41) is 3.33. The second-order valence-corrected chi connectivity index (χ2v) is 5.31. The van der Waals surface area contributed by atoms with Gasteiger partial charge in [-0.05, 0) is 42.5 Å². The first-order valence-electron chi connectivity index (χ1n) is 6.83. The van der Waals surface area contributed by atoms with Gasteiger partial charge in [-0.2, -0.15) is 0 Å². The van der Waals surface area contributed by atoms with Crippen LogP contribution in [0.4, 0.5) is 13.2 Å². The molecule has 1 rings (SSSR count). The number of hydrogen-bond acceptors (Lipinski definition) is 2. The van der Waals surface area contributed by atoms with E-state index in [0.29, 0.717) is 0 Å². The number of halogens is 3. The van der Waals surface area contributed by atoms with Crippen molar-refractivity contribution < 1.29 is 17.9 Å². The quantitative estimate of drug-likeness (QED) is 0.814. The van der Waals surface area contributed by atoms with Crippen LogP contribution >= 0.6 is 0 Å². The van der Waals surface area contributed by atoms with E-state index in [2.05, 4.69) is 30.8 Å². The van der Waals surface area contributed by atoms with E-state index >= 15 is 0 Å². The largest absolute Gasteiger partial charge is 0.573 e. The first-order valence-corrected chi connectivity index (χ1v) is 6.83. The maximum absolute atomic E-state index is 12.1. The van der Waals surface area contributed by atoms with Crippen molar-refractivity contribution in [3.8, 4) is 5.75 Å². The van der Waals surface area contributed by atoms with Gasteiger partial charge in [-0.3, -0.25) is 0 Å². The standard InChI is InChI=1S/C15H22F3NO/c1-4-14(3,11-19-5-2)10-12-6-8-13(9-7-12)20-15(16,17)18/h6-9,19H,4-5,10-11H2,1-3H3. The van der Waals surface area contributed by atoms with Crippen molar-refractivity contribution >= 4 is 0 Å². The van der Waals surface area contributed by atoms with Crippen molar-refractivity contribution in [3.05, 3.63) is 29.8 Å². The number of alkyl halides is 3. The third kappa shape index (κ3) is 5.82. The van der Waals surface area contributed by atoms with Crippen LogP contribution in [0.5, 0.6) is 5.75 Å². The summed E-state index contributed by atoms with van der Waals surface area (Å²) in [4.78, 5) is 0. The van der Waals surface area contributed by atoms with Crippen LogP contribution in [0.1, 0.15) is 32.8 Å². The zero-order valence-electron chi connectivity index (χ0n) is 12.2. The molecule has 0 aromatic heterocycles. The van der Waals surface area contributed by atoms with Gasteiger partial charge in [-0.1, -0.05) is 32.9 Å². The molecular weight excluding hydrogens is 267 g/mol. The van der Waals surface area contributed by atoms with Crippen LogP contribution in [-0.4, -0.2) is 19.5 Å². The van der Waals surface area contributed by atoms with Gasteiger partial charge in [-0.25, -0.2) is 0 Å². The summed E-state index contributed by atoms with van der Waals surface area (Å²) < 4.78 is 40.1. The number of rotatable bonds is 7. The highest BCUT2D eigenvalue weighted by Crippen LogP contribution is 2.28. The van der Waals surface area contributed by atoms with Crippen LogP contribution in [0.2, 0.25) is 0 Å². The highest BCUT2D eigenvalue weighted by molar-refractivity contribution is 5.28. The minimum atomic E-state index is -4.63. The molecule has 0 aliphatic carbocycles. The van der Waals surface area contributed by atoms with Crippen LogP contribution < -0.4 is 10.1 Å². The lowest BCUT2D eigenvalue weighted by Gasteiger charge is -2.28. The summed E-state index contributed by atoms with van der Waals surface area (Å²) in [6.45, 7) is 8.16. The van der Waals surface area contributed by atoms with Gasteiger partial charge in [0.15, 0.2) is 0 Å². The lowest BCUT2D eigenvalue weighted by atomic mass is 9.81. The van der Waals surface area contributed by atoms with Crippen molar-refractivity contribution in [1.29, 1.82) is 0 Å². The molecule has 0 aliphatic heterocycles. The van der Waals surface area contributed by atoms with E-state index in [4.69, 9.17) is 0 Å². The van der Waals surface area contributed by atoms with Gasteiger partial charge in [0, 0.05) is 6.54 Å². The Morgan fingerprint density at radius 3 is 2.15 bits per heavy atom. The maximum Gasteiger partial charge on any atom is 0.573 e. The summed E-state index contributed by atoms with van der Waals surface area (Å²) in [5.41, 5.74) is 1.12. The topological polar surface area (TPSA) is 21.3 Å². The van der Waals surface area contributed by atoms with Gasteiger partial charge in [-0.15, -0.1) is 13.2 Å². The van der Waals surface area contributed by atoms with Gasteiger partial charge in [0.2, 0.25) is 0 Å². The molecule has 0 amide bonds. The SMILES string of the molecule is CCNCC(C)(CC)Cc1ccc(OC(F)(F)F)cc1. The Balaban J connectivity index is 2.68. The maximum atomic E-state index is 12.1. The van der Waals surface area contributed by atoms with Gasteiger partial charge in [0.1, 0.15) is 5.75 Å². The summed E-state index contributed by atoms with van der Waals surface area (Å²) in [7, 11) is 0. The second-order valence-electron chi connectivity index (χ2n) is 5.31. The van der Waals surface area contributed by atoms with Crippen LogP contribution in [0, 0.1) is 5.41 Å². The van der Waals surface area contributed by atoms with Gasteiger partial charge in [0.05, 0.1) is 0 Å². The molecule has 0 saturated carbocycles. The predicted molar refractivity (Wildman–Crippen MR) is 73.8 cm³/mol. The number of benzene rings is 1. The van der Waals surface area contributed by atoms with Crippen molar-refractivity contribution in [3.63, 3.8) is 0 Å². The molecule has 2 nitrogen and oxygen atoms in total. The molecule has 0 radical (unpaired) electrons. The molecule has 0 spiro atoms. The normalized spacial score (nSPS) is 14.9. The average Bonchev–Trinajstić information content (AvgIpc) is 2.37. The summed E-state index contributed by atoms with van der Waals surface area (Å²) in [6.07, 6.45) is -2.81. The van der Waals surface area contributed by atoms with Crippen LogP contribution in [-0.2, 0) is 6.42 Å². The number of hydrogen-bond donors (Lipinski definition) is 1. The molecule has 0 heterocycles. The highest BCUT2D eigenvalue weighted by atomic mass is 19.4. The lowest BCUT2D eigenvalue weighted by molar-refractivity contribution is -0.274. The van der Waals surface area contributed by atoms with E-state index in [0.717, 1.165) is 31.5 Å².